The fraction of sp³-hybridized carbons (Fsp3) is 0.214. The van der Waals surface area contributed by atoms with Gasteiger partial charge in [-0.1, -0.05) is 54.6 Å². The van der Waals surface area contributed by atoms with Gasteiger partial charge in [0.05, 0.1) is 13.2 Å². The van der Waals surface area contributed by atoms with E-state index in [1.165, 1.54) is 0 Å². The average Bonchev–Trinajstić information content (AvgIpc) is 3.37. The average molecular weight is 488 g/mol. The molecule has 1 atom stereocenters. The topological polar surface area (TPSA) is 79.5 Å². The normalized spacial score (nSPS) is 14.9. The maximum absolute atomic E-state index is 13.3. The van der Waals surface area contributed by atoms with Gasteiger partial charge in [0.2, 0.25) is 0 Å². The van der Waals surface area contributed by atoms with E-state index >= 15 is 0 Å². The summed E-state index contributed by atoms with van der Waals surface area (Å²) < 4.78 is 5.29. The quantitative estimate of drug-likeness (QED) is 0.343. The van der Waals surface area contributed by atoms with Gasteiger partial charge in [-0.2, -0.15) is 12.6 Å². The minimum Gasteiger partial charge on any atom is -0.497 e. The lowest BCUT2D eigenvalue weighted by Gasteiger charge is -2.14. The fourth-order valence-electron chi connectivity index (χ4n) is 4.08. The van der Waals surface area contributed by atoms with Gasteiger partial charge in [0.15, 0.2) is 0 Å². The molecule has 1 unspecified atom stereocenters. The molecule has 6 nitrogen and oxygen atoms in total. The SMILES string of the molecule is COc1ccc(C2=C(C(=O)NCc3ccc(C(=O)NCCS)cc3)NC(c3ccccc3)C2)cc1. The van der Waals surface area contributed by atoms with E-state index < -0.39 is 0 Å². The molecule has 1 aliphatic rings. The van der Waals surface area contributed by atoms with Crippen LogP contribution >= 0.6 is 12.6 Å². The molecule has 3 aromatic rings. The molecule has 2 amide bonds. The van der Waals surface area contributed by atoms with Crippen molar-refractivity contribution in [3.8, 4) is 5.75 Å². The number of amides is 2. The summed E-state index contributed by atoms with van der Waals surface area (Å²) >= 11 is 4.10. The summed E-state index contributed by atoms with van der Waals surface area (Å²) in [6, 6.07) is 25.1. The molecule has 4 rings (SSSR count). The van der Waals surface area contributed by atoms with Crippen LogP contribution in [0.15, 0.2) is 84.6 Å². The number of benzene rings is 3. The van der Waals surface area contributed by atoms with Gasteiger partial charge in [0, 0.05) is 24.4 Å². The largest absolute Gasteiger partial charge is 0.497 e. The molecule has 0 spiro atoms. The summed E-state index contributed by atoms with van der Waals surface area (Å²) in [5.74, 6) is 1.06. The van der Waals surface area contributed by atoms with Gasteiger partial charge in [-0.05, 0) is 52.9 Å². The number of ether oxygens (including phenoxy) is 1. The van der Waals surface area contributed by atoms with Crippen molar-refractivity contribution >= 4 is 30.0 Å². The zero-order chi connectivity index (χ0) is 24.6. The Kier molecular flexibility index (Phi) is 8.11. The summed E-state index contributed by atoms with van der Waals surface area (Å²) in [4.78, 5) is 25.3. The van der Waals surface area contributed by atoms with Crippen molar-refractivity contribution in [2.75, 3.05) is 19.4 Å². The molecule has 1 aliphatic heterocycles. The van der Waals surface area contributed by atoms with E-state index in [2.05, 4.69) is 40.7 Å². The molecule has 1 heterocycles. The van der Waals surface area contributed by atoms with Crippen molar-refractivity contribution in [3.05, 3.63) is 107 Å². The number of methoxy groups -OCH3 is 1. The minimum absolute atomic E-state index is 0.0177. The highest BCUT2D eigenvalue weighted by Crippen LogP contribution is 2.36. The van der Waals surface area contributed by atoms with Crippen molar-refractivity contribution in [1.82, 2.24) is 16.0 Å². The summed E-state index contributed by atoms with van der Waals surface area (Å²) in [5, 5.41) is 9.26. The predicted octanol–water partition coefficient (Wildman–Crippen LogP) is 4.12. The molecule has 0 aromatic heterocycles. The lowest BCUT2D eigenvalue weighted by Crippen LogP contribution is -2.30. The van der Waals surface area contributed by atoms with Gasteiger partial charge in [-0.15, -0.1) is 0 Å². The third-order valence-corrected chi connectivity index (χ3v) is 6.19. The van der Waals surface area contributed by atoms with Gasteiger partial charge in [-0.3, -0.25) is 9.59 Å². The van der Waals surface area contributed by atoms with Crippen LogP contribution in [0.3, 0.4) is 0 Å². The van der Waals surface area contributed by atoms with Crippen molar-refractivity contribution in [1.29, 1.82) is 0 Å². The molecule has 3 aromatic carbocycles. The fourth-order valence-corrected chi connectivity index (χ4v) is 4.19. The van der Waals surface area contributed by atoms with Crippen LogP contribution in [0.2, 0.25) is 0 Å². The molecule has 180 valence electrons. The van der Waals surface area contributed by atoms with Crippen molar-refractivity contribution in [2.24, 2.45) is 0 Å². The molecule has 0 saturated carbocycles. The number of hydrogen-bond donors (Lipinski definition) is 4. The molecule has 0 bridgehead atoms. The summed E-state index contributed by atoms with van der Waals surface area (Å²) in [7, 11) is 1.64. The van der Waals surface area contributed by atoms with E-state index in [0.29, 0.717) is 36.5 Å². The first-order chi connectivity index (χ1) is 17.1. The van der Waals surface area contributed by atoms with E-state index in [1.807, 2.05) is 54.6 Å². The Balaban J connectivity index is 1.49. The number of carbonyl (C=O) groups is 2. The highest BCUT2D eigenvalue weighted by molar-refractivity contribution is 7.80. The maximum Gasteiger partial charge on any atom is 0.267 e. The number of rotatable bonds is 9. The molecule has 7 heteroatoms. The second-order valence-corrected chi connectivity index (χ2v) is 8.70. The first kappa shape index (κ1) is 24.4. The smallest absolute Gasteiger partial charge is 0.267 e. The maximum atomic E-state index is 13.3. The molecular weight excluding hydrogens is 458 g/mol. The summed E-state index contributed by atoms with van der Waals surface area (Å²) in [5.41, 5.74) is 5.15. The van der Waals surface area contributed by atoms with Crippen LogP contribution in [0.5, 0.6) is 5.75 Å². The van der Waals surface area contributed by atoms with E-state index in [0.717, 1.165) is 28.0 Å². The van der Waals surface area contributed by atoms with E-state index in [1.54, 1.807) is 19.2 Å². The van der Waals surface area contributed by atoms with Crippen molar-refractivity contribution in [2.45, 2.75) is 19.0 Å². The van der Waals surface area contributed by atoms with Gasteiger partial charge in [-0.25, -0.2) is 0 Å². The minimum atomic E-state index is -0.162. The molecule has 3 N–H and O–H groups in total. The molecular formula is C28H29N3O3S. The molecule has 35 heavy (non-hydrogen) atoms. The standard InChI is InChI=1S/C28H29N3O3S/c1-34-23-13-11-20(12-14-23)24-17-25(21-5-3-2-4-6-21)31-26(24)28(33)30-18-19-7-9-22(10-8-19)27(32)29-15-16-35/h2-14,25,31,35H,15-18H2,1H3,(H,29,32)(H,30,33). The molecule has 0 aliphatic carbocycles. The zero-order valence-electron chi connectivity index (χ0n) is 19.6. The third-order valence-electron chi connectivity index (χ3n) is 5.96. The molecule has 0 fully saturated rings. The predicted molar refractivity (Wildman–Crippen MR) is 141 cm³/mol. The Labute approximate surface area is 211 Å². The van der Waals surface area contributed by atoms with E-state index in [9.17, 15) is 9.59 Å². The van der Waals surface area contributed by atoms with Gasteiger partial charge in [0.1, 0.15) is 11.4 Å². The monoisotopic (exact) mass is 487 g/mol. The second-order valence-electron chi connectivity index (χ2n) is 8.25. The van der Waals surface area contributed by atoms with Crippen LogP contribution in [0.25, 0.3) is 5.57 Å². The van der Waals surface area contributed by atoms with Crippen LogP contribution in [0.4, 0.5) is 0 Å². The van der Waals surface area contributed by atoms with Gasteiger partial charge in [0.25, 0.3) is 11.8 Å². The number of nitrogens with one attached hydrogen (secondary N) is 3. The summed E-state index contributed by atoms with van der Waals surface area (Å²) in [6.45, 7) is 0.872. The Morgan fingerprint density at radius 2 is 1.66 bits per heavy atom. The van der Waals surface area contributed by atoms with Crippen LogP contribution in [0, 0.1) is 0 Å². The highest BCUT2D eigenvalue weighted by Gasteiger charge is 2.29. The third kappa shape index (κ3) is 6.05. The summed E-state index contributed by atoms with van der Waals surface area (Å²) in [6.07, 6.45) is 0.704. The van der Waals surface area contributed by atoms with Crippen LogP contribution in [0.1, 0.15) is 39.5 Å². The van der Waals surface area contributed by atoms with E-state index in [-0.39, 0.29) is 17.9 Å². The van der Waals surface area contributed by atoms with Crippen LogP contribution in [-0.2, 0) is 11.3 Å². The second kappa shape index (κ2) is 11.6. The Bertz CT molecular complexity index is 1190. The van der Waals surface area contributed by atoms with Gasteiger partial charge >= 0.3 is 0 Å². The number of carbonyl (C=O) groups excluding carboxylic acids is 2. The lowest BCUT2D eigenvalue weighted by molar-refractivity contribution is -0.117. The number of thiol groups is 1. The van der Waals surface area contributed by atoms with E-state index in [4.69, 9.17) is 4.74 Å². The Morgan fingerprint density at radius 1 is 0.943 bits per heavy atom. The van der Waals surface area contributed by atoms with Crippen LogP contribution in [-0.4, -0.2) is 31.2 Å². The van der Waals surface area contributed by atoms with Crippen molar-refractivity contribution in [3.63, 3.8) is 0 Å². The number of hydrogen-bond acceptors (Lipinski definition) is 5. The first-order valence-electron chi connectivity index (χ1n) is 11.5. The highest BCUT2D eigenvalue weighted by atomic mass is 32.1. The lowest BCUT2D eigenvalue weighted by atomic mass is 9.97. The van der Waals surface area contributed by atoms with Crippen molar-refractivity contribution < 1.29 is 14.3 Å². The zero-order valence-corrected chi connectivity index (χ0v) is 20.5. The van der Waals surface area contributed by atoms with Crippen LogP contribution < -0.4 is 20.7 Å². The Hall–Kier alpha value is -3.71. The van der Waals surface area contributed by atoms with Gasteiger partial charge < -0.3 is 20.7 Å². The first-order valence-corrected chi connectivity index (χ1v) is 12.2. The Morgan fingerprint density at radius 3 is 2.31 bits per heavy atom. The molecule has 0 radical (unpaired) electrons. The molecule has 0 saturated heterocycles.